The van der Waals surface area contributed by atoms with Gasteiger partial charge < -0.3 is 30.0 Å². The summed E-state index contributed by atoms with van der Waals surface area (Å²) in [5.74, 6) is 0.836. The van der Waals surface area contributed by atoms with Gasteiger partial charge in [-0.2, -0.15) is 0 Å². The summed E-state index contributed by atoms with van der Waals surface area (Å²) in [6.07, 6.45) is 2.80. The zero-order chi connectivity index (χ0) is 34.2. The molecule has 9 nitrogen and oxygen atoms in total. The van der Waals surface area contributed by atoms with Gasteiger partial charge >= 0.3 is 6.09 Å². The highest BCUT2D eigenvalue weighted by Gasteiger charge is 2.40. The van der Waals surface area contributed by atoms with E-state index < -0.39 is 12.1 Å². The number of hydrogen-bond acceptors (Lipinski definition) is 7. The van der Waals surface area contributed by atoms with E-state index in [1.54, 1.807) is 18.2 Å². The fourth-order valence-corrected chi connectivity index (χ4v) is 6.82. The molecule has 1 fully saturated rings. The number of benzene rings is 3. The highest BCUT2D eigenvalue weighted by molar-refractivity contribution is 6.37. The van der Waals surface area contributed by atoms with Crippen LogP contribution in [0.4, 0.5) is 4.79 Å². The Morgan fingerprint density at radius 2 is 1.65 bits per heavy atom. The predicted octanol–water partition coefficient (Wildman–Crippen LogP) is 6.61. The van der Waals surface area contributed by atoms with E-state index >= 15 is 0 Å². The van der Waals surface area contributed by atoms with Crippen LogP contribution < -0.4 is 20.1 Å². The molecule has 1 atom stereocenters. The molecule has 0 aromatic heterocycles. The summed E-state index contributed by atoms with van der Waals surface area (Å²) in [6.45, 7) is 3.46. The van der Waals surface area contributed by atoms with Gasteiger partial charge in [0.15, 0.2) is 5.75 Å². The lowest BCUT2D eigenvalue weighted by Gasteiger charge is -2.38. The molecule has 1 aliphatic carbocycles. The van der Waals surface area contributed by atoms with E-state index in [2.05, 4.69) is 15.5 Å². The average Bonchev–Trinajstić information content (AvgIpc) is 3.92. The Kier molecular flexibility index (Phi) is 12.5. The Morgan fingerprint density at radius 3 is 2.31 bits per heavy atom. The summed E-state index contributed by atoms with van der Waals surface area (Å²) < 4.78 is 16.8. The molecular weight excluding hydrogens is 677 g/mol. The summed E-state index contributed by atoms with van der Waals surface area (Å²) >= 11 is 19.1. The third kappa shape index (κ3) is 9.15. The number of alkyl carbamates (subject to hydrolysis) is 1. The molecule has 3 aromatic rings. The first-order valence-corrected chi connectivity index (χ1v) is 17.1. The van der Waals surface area contributed by atoms with Gasteiger partial charge in [0.2, 0.25) is 5.91 Å². The van der Waals surface area contributed by atoms with Gasteiger partial charge in [-0.25, -0.2) is 4.79 Å². The van der Waals surface area contributed by atoms with Crippen molar-refractivity contribution in [1.29, 1.82) is 0 Å². The van der Waals surface area contributed by atoms with Crippen LogP contribution >= 0.6 is 34.8 Å². The number of hydrogen-bond donors (Lipinski definition) is 3. The minimum absolute atomic E-state index is 0.166. The van der Waals surface area contributed by atoms with Crippen molar-refractivity contribution >= 4 is 52.4 Å². The van der Waals surface area contributed by atoms with Crippen molar-refractivity contribution in [2.24, 2.45) is 0 Å². The molecule has 0 spiro atoms. The number of nitrogens with zero attached hydrogens (tertiary/aromatic N) is 1. The van der Waals surface area contributed by atoms with Crippen LogP contribution in [0.1, 0.15) is 41.5 Å². The number of aliphatic hydroxyl groups is 1. The molecule has 0 bridgehead atoms. The second kappa shape index (κ2) is 16.8. The molecule has 3 aromatic carbocycles. The molecule has 48 heavy (non-hydrogen) atoms. The molecular formula is C36H40Cl3N3O6. The largest absolute Gasteiger partial charge is 0.490 e. The normalized spacial score (nSPS) is 16.4. The van der Waals surface area contributed by atoms with Gasteiger partial charge in [0.25, 0.3) is 0 Å². The maximum absolute atomic E-state index is 13.9. The van der Waals surface area contributed by atoms with E-state index in [9.17, 15) is 14.7 Å². The Balaban J connectivity index is 1.27. The second-order valence-corrected chi connectivity index (χ2v) is 13.1. The molecule has 1 heterocycles. The average molecular weight is 717 g/mol. The van der Waals surface area contributed by atoms with Gasteiger partial charge in [-0.3, -0.25) is 9.69 Å². The third-order valence-corrected chi connectivity index (χ3v) is 9.36. The number of carbonyl (C=O) groups is 2. The van der Waals surface area contributed by atoms with E-state index in [4.69, 9.17) is 49.0 Å². The zero-order valence-corrected chi connectivity index (χ0v) is 29.3. The summed E-state index contributed by atoms with van der Waals surface area (Å²) in [5.41, 5.74) is 4.98. The number of rotatable bonds is 14. The molecule has 1 saturated carbocycles. The summed E-state index contributed by atoms with van der Waals surface area (Å²) in [5, 5.41) is 17.5. The van der Waals surface area contributed by atoms with Crippen molar-refractivity contribution in [3.05, 3.63) is 97.5 Å². The minimum atomic E-state index is -0.492. The van der Waals surface area contributed by atoms with Gasteiger partial charge in [0.05, 0.1) is 29.3 Å². The van der Waals surface area contributed by atoms with Crippen LogP contribution in [0.2, 0.25) is 15.1 Å². The first-order valence-electron chi connectivity index (χ1n) is 16.0. The van der Waals surface area contributed by atoms with Crippen molar-refractivity contribution in [3.63, 3.8) is 0 Å². The van der Waals surface area contributed by atoms with Crippen molar-refractivity contribution in [2.45, 2.75) is 51.2 Å². The number of amides is 2. The van der Waals surface area contributed by atoms with Crippen LogP contribution in [0.15, 0.2) is 60.2 Å². The van der Waals surface area contributed by atoms with E-state index in [0.29, 0.717) is 51.0 Å². The van der Waals surface area contributed by atoms with Gasteiger partial charge in [-0.05, 0) is 84.3 Å². The number of aryl methyl sites for hydroxylation is 1. The molecule has 256 valence electrons. The number of nitrogens with one attached hydrogen (secondary N) is 2. The number of halogens is 3. The standard InChI is InChI=1S/C36H40Cl3N3O6/c1-22-17-30(38)34(31(39)18-22)47-16-15-46-27-8-4-24(5-9-27)28-11-13-42(26-6-7-26)32(21-43)33(28)35(44)41-20-25-19-23(3-10-29(25)37)12-14-48-36(45)40-2/h3-5,8-10,17-19,26,32,43H,6-7,11-16,20-21H2,1-2H3,(H,40,45)(H,41,44)/t32-/m1/s1. The van der Waals surface area contributed by atoms with Crippen molar-refractivity contribution in [1.82, 2.24) is 15.5 Å². The molecule has 5 rings (SSSR count). The first-order chi connectivity index (χ1) is 23.2. The molecule has 1 aliphatic heterocycles. The lowest BCUT2D eigenvalue weighted by atomic mass is 9.87. The third-order valence-electron chi connectivity index (χ3n) is 8.43. The van der Waals surface area contributed by atoms with Crippen molar-refractivity contribution in [2.75, 3.05) is 40.0 Å². The Morgan fingerprint density at radius 1 is 0.938 bits per heavy atom. The van der Waals surface area contributed by atoms with Crippen LogP contribution in [-0.2, 0) is 22.5 Å². The first kappa shape index (κ1) is 35.8. The van der Waals surface area contributed by atoms with E-state index in [1.807, 2.05) is 43.3 Å². The van der Waals surface area contributed by atoms with Gasteiger partial charge in [0.1, 0.15) is 19.0 Å². The predicted molar refractivity (Wildman–Crippen MR) is 188 cm³/mol. The number of carbonyl (C=O) groups excluding carboxylic acids is 2. The molecule has 0 saturated heterocycles. The quantitative estimate of drug-likeness (QED) is 0.161. The van der Waals surface area contributed by atoms with E-state index in [1.165, 1.54) is 7.05 Å². The topological polar surface area (TPSA) is 109 Å². The molecule has 3 N–H and O–H groups in total. The highest BCUT2D eigenvalue weighted by atomic mass is 35.5. The zero-order valence-electron chi connectivity index (χ0n) is 27.0. The van der Waals surface area contributed by atoms with Crippen LogP contribution in [0.25, 0.3) is 5.57 Å². The maximum atomic E-state index is 13.9. The fraction of sp³-hybridized carbons (Fsp3) is 0.389. The number of aliphatic hydroxyl groups excluding tert-OH is 1. The second-order valence-electron chi connectivity index (χ2n) is 11.8. The van der Waals surface area contributed by atoms with Crippen molar-refractivity contribution < 1.29 is 28.9 Å². The molecule has 2 amide bonds. The smallest absolute Gasteiger partial charge is 0.406 e. The van der Waals surface area contributed by atoms with Crippen LogP contribution in [0.3, 0.4) is 0 Å². The van der Waals surface area contributed by atoms with Crippen LogP contribution in [0.5, 0.6) is 11.5 Å². The fourth-order valence-electron chi connectivity index (χ4n) is 5.93. The Bertz CT molecular complexity index is 1620. The summed E-state index contributed by atoms with van der Waals surface area (Å²) in [4.78, 5) is 27.6. The summed E-state index contributed by atoms with van der Waals surface area (Å²) in [6, 6.07) is 16.7. The van der Waals surface area contributed by atoms with Crippen LogP contribution in [-0.4, -0.2) is 74.1 Å². The van der Waals surface area contributed by atoms with Gasteiger partial charge in [-0.15, -0.1) is 0 Å². The molecule has 12 heteroatoms. The maximum Gasteiger partial charge on any atom is 0.406 e. The summed E-state index contributed by atoms with van der Waals surface area (Å²) in [7, 11) is 1.51. The van der Waals surface area contributed by atoms with Gasteiger partial charge in [-0.1, -0.05) is 59.1 Å². The SMILES string of the molecule is CNC(=O)OCCc1ccc(Cl)c(CNC(=O)C2=C(c3ccc(OCCOc4c(Cl)cc(C)cc4Cl)cc3)CCN(C3CC3)[C@@H]2CO)c1. The molecule has 0 radical (unpaired) electrons. The van der Waals surface area contributed by atoms with E-state index in [-0.39, 0.29) is 38.9 Å². The Hall–Kier alpha value is -3.47. The van der Waals surface area contributed by atoms with Crippen molar-refractivity contribution in [3.8, 4) is 11.5 Å². The van der Waals surface area contributed by atoms with Gasteiger partial charge in [0, 0.05) is 43.2 Å². The highest BCUT2D eigenvalue weighted by Crippen LogP contribution is 2.39. The molecule has 0 unspecified atom stereocenters. The Labute approximate surface area is 296 Å². The van der Waals surface area contributed by atoms with Crippen LogP contribution in [0, 0.1) is 6.92 Å². The lowest BCUT2D eigenvalue weighted by molar-refractivity contribution is -0.118. The lowest BCUT2D eigenvalue weighted by Crippen LogP contribution is -2.48. The number of ether oxygens (including phenoxy) is 3. The van der Waals surface area contributed by atoms with E-state index in [0.717, 1.165) is 47.2 Å². The monoisotopic (exact) mass is 715 g/mol. The minimum Gasteiger partial charge on any atom is -0.490 e. The molecule has 2 aliphatic rings.